The second-order valence-corrected chi connectivity index (χ2v) is 25.9. The number of ketones is 1. The molecule has 0 unspecified atom stereocenters. The molecule has 0 bridgehead atoms. The largest absolute Gasteiger partial charge is 0.394 e. The molecule has 0 aromatic heterocycles. The second kappa shape index (κ2) is 22.4. The van der Waals surface area contributed by atoms with Gasteiger partial charge in [0.15, 0.2) is 12.6 Å². The third-order valence-electron chi connectivity index (χ3n) is 21.2. The maximum absolute atomic E-state index is 15.3. The Balaban J connectivity index is 0.948. The average Bonchev–Trinajstić information content (AvgIpc) is 3.64. The number of aliphatic hydroxyl groups excluding tert-OH is 14. The van der Waals surface area contributed by atoms with Crippen LogP contribution in [0.1, 0.15) is 107 Å². The Labute approximate surface area is 444 Å². The number of carbonyl (C=O) groups is 1. The molecule has 76 heavy (non-hydrogen) atoms. The molecule has 7 fully saturated rings. The van der Waals surface area contributed by atoms with E-state index >= 15 is 4.79 Å². The highest BCUT2D eigenvalue weighted by molar-refractivity contribution is 5.88. The van der Waals surface area contributed by atoms with Crippen LogP contribution >= 0.6 is 0 Å². The molecule has 4 heterocycles. The molecule has 0 aromatic carbocycles. The van der Waals surface area contributed by atoms with Crippen LogP contribution in [0.25, 0.3) is 0 Å². The lowest BCUT2D eigenvalue weighted by atomic mass is 9.38. The summed E-state index contributed by atoms with van der Waals surface area (Å²) in [5.74, 6) is -0.969. The number of Topliss-reactive ketones (excluding diaryl/α,β-unsaturated/α-hetero) is 1. The molecule has 4 saturated heterocycles. The van der Waals surface area contributed by atoms with Gasteiger partial charge in [-0.05, 0) is 105 Å². The standard InChI is InChI=1S/C54H90O22/c1-22(9-10-27(51(4,5)70)47-43(67)39(63)37(61)31(74-47)21-72-49-45(69)41(65)35(59)29(19-56)76-49)23-15-16-52(6)32-14-13-24-25(54(32,8)33(57)17-53(23,52)7)11-12-26(50(24,2)3)46-42(66)38(62)36(60)30(73-46)20-71-48-44(68)40(64)34(58)28(18-55)75-48/h13,22-23,25-32,34-49,55-56,58-70H,9-12,14-21H2,1-8H3/t22-,23-,25-,26-,27-,28-,29-,30-,31-,32+,34-,35-,36-,37-,38+,39+,40+,41+,42-,43-,44-,45-,46+,47+,48-,49-,52+,53-,54+/m1/s1. The van der Waals surface area contributed by atoms with Gasteiger partial charge in [-0.1, -0.05) is 53.2 Å². The maximum atomic E-state index is 15.3. The smallest absolute Gasteiger partial charge is 0.186 e. The lowest BCUT2D eigenvalue weighted by Gasteiger charge is -2.65. The van der Waals surface area contributed by atoms with Gasteiger partial charge in [-0.15, -0.1) is 0 Å². The Morgan fingerprint density at radius 2 is 1.12 bits per heavy atom. The molecule has 438 valence electrons. The predicted octanol–water partition coefficient (Wildman–Crippen LogP) is -2.48. The molecular weight excluding hydrogens is 1000 g/mol. The first-order valence-electron chi connectivity index (χ1n) is 27.6. The summed E-state index contributed by atoms with van der Waals surface area (Å²) in [6.07, 6.45) is -22.9. The van der Waals surface area contributed by atoms with Crippen molar-refractivity contribution >= 4 is 5.78 Å². The van der Waals surface area contributed by atoms with Crippen molar-refractivity contribution in [1.29, 1.82) is 0 Å². The summed E-state index contributed by atoms with van der Waals surface area (Å²) in [4.78, 5) is 15.3. The zero-order valence-electron chi connectivity index (χ0n) is 45.1. The Morgan fingerprint density at radius 3 is 1.64 bits per heavy atom. The number of rotatable bonds is 15. The fraction of sp³-hybridized carbons (Fsp3) is 0.944. The summed E-state index contributed by atoms with van der Waals surface area (Å²) in [6.45, 7) is 13.9. The molecule has 8 rings (SSSR count). The van der Waals surface area contributed by atoms with Gasteiger partial charge in [0.25, 0.3) is 0 Å². The van der Waals surface area contributed by atoms with Crippen LogP contribution in [0.4, 0.5) is 0 Å². The number of hydrogen-bond acceptors (Lipinski definition) is 22. The zero-order valence-corrected chi connectivity index (χ0v) is 45.1. The van der Waals surface area contributed by atoms with E-state index in [1.807, 2.05) is 0 Å². The third-order valence-corrected chi connectivity index (χ3v) is 21.2. The van der Waals surface area contributed by atoms with Gasteiger partial charge in [0.2, 0.25) is 0 Å². The van der Waals surface area contributed by atoms with Gasteiger partial charge >= 0.3 is 0 Å². The van der Waals surface area contributed by atoms with E-state index in [9.17, 15) is 76.6 Å². The van der Waals surface area contributed by atoms with E-state index in [4.69, 9.17) is 28.4 Å². The van der Waals surface area contributed by atoms with Gasteiger partial charge in [0.1, 0.15) is 103 Å². The summed E-state index contributed by atoms with van der Waals surface area (Å²) >= 11 is 0. The zero-order chi connectivity index (χ0) is 56.1. The van der Waals surface area contributed by atoms with Crippen molar-refractivity contribution in [1.82, 2.24) is 0 Å². The molecule has 29 atom stereocenters. The first-order valence-corrected chi connectivity index (χ1v) is 27.6. The van der Waals surface area contributed by atoms with E-state index in [2.05, 4.69) is 47.6 Å². The quantitative estimate of drug-likeness (QED) is 0.0755. The molecule has 3 saturated carbocycles. The van der Waals surface area contributed by atoms with Gasteiger partial charge in [0.05, 0.1) is 44.2 Å². The maximum Gasteiger partial charge on any atom is 0.186 e. The van der Waals surface area contributed by atoms with E-state index in [-0.39, 0.29) is 40.8 Å². The normalized spacial score (nSPS) is 51.5. The molecule has 0 amide bonds. The van der Waals surface area contributed by atoms with Crippen LogP contribution in [0.2, 0.25) is 0 Å². The topological polar surface area (TPSA) is 376 Å². The highest BCUT2D eigenvalue weighted by atomic mass is 16.7. The predicted molar refractivity (Wildman–Crippen MR) is 264 cm³/mol. The van der Waals surface area contributed by atoms with E-state index in [0.29, 0.717) is 38.5 Å². The Kier molecular flexibility index (Phi) is 17.9. The fourth-order valence-corrected chi connectivity index (χ4v) is 16.2. The summed E-state index contributed by atoms with van der Waals surface area (Å²) in [5, 5.41) is 160. The highest BCUT2D eigenvalue weighted by Gasteiger charge is 2.71. The Hall–Kier alpha value is -1.43. The molecule has 4 aliphatic carbocycles. The van der Waals surface area contributed by atoms with Gasteiger partial charge in [0, 0.05) is 17.8 Å². The van der Waals surface area contributed by atoms with Crippen molar-refractivity contribution in [3.05, 3.63) is 11.6 Å². The van der Waals surface area contributed by atoms with Crippen LogP contribution < -0.4 is 0 Å². The summed E-state index contributed by atoms with van der Waals surface area (Å²) in [7, 11) is 0. The van der Waals surface area contributed by atoms with Gasteiger partial charge < -0.3 is 105 Å². The molecule has 0 radical (unpaired) electrons. The molecule has 15 N–H and O–H groups in total. The number of ether oxygens (including phenoxy) is 6. The molecule has 0 aromatic rings. The van der Waals surface area contributed by atoms with Crippen molar-refractivity contribution in [3.63, 3.8) is 0 Å². The van der Waals surface area contributed by atoms with E-state index in [1.165, 1.54) is 0 Å². The Morgan fingerprint density at radius 1 is 0.618 bits per heavy atom. The molecule has 4 aliphatic heterocycles. The van der Waals surface area contributed by atoms with E-state index in [1.54, 1.807) is 13.8 Å². The summed E-state index contributed by atoms with van der Waals surface area (Å²) < 4.78 is 35.0. The van der Waals surface area contributed by atoms with E-state index < -0.39 is 177 Å². The number of fused-ring (bicyclic) bond motifs is 5. The summed E-state index contributed by atoms with van der Waals surface area (Å²) in [6, 6.07) is 0. The molecular formula is C54H90O22. The summed E-state index contributed by atoms with van der Waals surface area (Å²) in [5.41, 5.74) is -2.42. The minimum atomic E-state index is -1.72. The lowest BCUT2D eigenvalue weighted by Crippen LogP contribution is -2.65. The molecule has 22 nitrogen and oxygen atoms in total. The van der Waals surface area contributed by atoms with Crippen molar-refractivity contribution in [2.24, 2.45) is 57.2 Å². The van der Waals surface area contributed by atoms with Crippen LogP contribution in [0.15, 0.2) is 11.6 Å². The monoisotopic (exact) mass is 1090 g/mol. The van der Waals surface area contributed by atoms with Gasteiger partial charge in [-0.3, -0.25) is 4.79 Å². The minimum Gasteiger partial charge on any atom is -0.394 e. The first kappa shape index (κ1) is 60.7. The van der Waals surface area contributed by atoms with Crippen LogP contribution in [0, 0.1) is 57.2 Å². The average molecular weight is 1090 g/mol. The molecule has 8 aliphatic rings. The van der Waals surface area contributed by atoms with Gasteiger partial charge in [-0.25, -0.2) is 0 Å². The highest BCUT2D eigenvalue weighted by Crippen LogP contribution is 2.74. The lowest BCUT2D eigenvalue weighted by molar-refractivity contribution is -0.317. The SMILES string of the molecule is C[C@H](CC[C@H]([C@@H]1O[C@H](CO[C@@H]2O[C@H](CO)[C@@H](O)[C@H](O)[C@H]2O)[C@@H](O)[C@H](O)[C@H]1O)C(C)(C)O)[C@H]1CC[C@@]2(C)[C@@H]3CC=C4[C@@H](CC[C@H]([C@@H]5O[C@H](CO[C@@H]6O[C@H](CO)[C@@H](O)[C@H](O)[C@H]6O)[C@@H](O)[C@H](O)[C@H]5O)C4(C)C)[C@]3(C)C(=O)C[C@]12C. The van der Waals surface area contributed by atoms with Crippen LogP contribution in [0.3, 0.4) is 0 Å². The van der Waals surface area contributed by atoms with Crippen molar-refractivity contribution < 1.29 is 110 Å². The number of carbonyl (C=O) groups excluding carboxylic acids is 1. The van der Waals surface area contributed by atoms with Crippen molar-refractivity contribution in [3.8, 4) is 0 Å². The van der Waals surface area contributed by atoms with Crippen LogP contribution in [-0.4, -0.2) is 237 Å². The minimum absolute atomic E-state index is 0.00746. The molecule has 0 spiro atoms. The fourth-order valence-electron chi connectivity index (χ4n) is 16.2. The van der Waals surface area contributed by atoms with Crippen molar-refractivity contribution in [2.75, 3.05) is 26.4 Å². The third kappa shape index (κ3) is 10.1. The molecule has 22 heteroatoms. The number of hydrogen-bond donors (Lipinski definition) is 15. The van der Waals surface area contributed by atoms with Crippen molar-refractivity contribution in [2.45, 2.75) is 235 Å². The van der Waals surface area contributed by atoms with E-state index in [0.717, 1.165) is 18.4 Å². The Bertz CT molecular complexity index is 2030. The van der Waals surface area contributed by atoms with Crippen LogP contribution in [-0.2, 0) is 33.2 Å². The second-order valence-electron chi connectivity index (χ2n) is 25.9. The first-order chi connectivity index (χ1) is 35.4. The number of aliphatic hydroxyl groups is 15. The van der Waals surface area contributed by atoms with Crippen LogP contribution in [0.5, 0.6) is 0 Å². The van der Waals surface area contributed by atoms with Gasteiger partial charge in [-0.2, -0.15) is 0 Å². The number of allylic oxidation sites excluding steroid dienone is 2.